The van der Waals surface area contributed by atoms with E-state index in [9.17, 15) is 4.57 Å². The molecule has 0 saturated heterocycles. The van der Waals surface area contributed by atoms with E-state index in [4.69, 9.17) is 81.2 Å². The van der Waals surface area contributed by atoms with Crippen LogP contribution in [0.4, 0.5) is 0 Å². The Morgan fingerprint density at radius 1 is 1.00 bits per heavy atom. The number of halogens is 7. The SMILES string of the molecule is O=[P@@](C(Cl)Cl)(C(Cl)(Cl)Cl)C(Cl)(Cl)Cc1ccccc1. The van der Waals surface area contributed by atoms with Gasteiger partial charge in [-0.15, -0.1) is 0 Å². The molecule has 1 atom stereocenters. The molecule has 0 radical (unpaired) electrons. The Morgan fingerprint density at radius 3 is 1.84 bits per heavy atom. The molecule has 0 aliphatic heterocycles. The fourth-order valence-corrected chi connectivity index (χ4v) is 10.7. The van der Waals surface area contributed by atoms with Gasteiger partial charge in [0.1, 0.15) is 0 Å². The third-order valence-electron chi connectivity index (χ3n) is 2.40. The average Bonchev–Trinajstić information content (AvgIpc) is 2.26. The normalized spacial score (nSPS) is 16.4. The lowest BCUT2D eigenvalue weighted by Crippen LogP contribution is -2.28. The van der Waals surface area contributed by atoms with Crippen molar-refractivity contribution >= 4 is 88.3 Å². The molecule has 0 aliphatic rings. The maximum absolute atomic E-state index is 12.8. The minimum absolute atomic E-state index is 0.0158. The summed E-state index contributed by atoms with van der Waals surface area (Å²) in [5, 5.41) is 0. The van der Waals surface area contributed by atoms with Gasteiger partial charge in [-0.05, 0) is 5.56 Å². The van der Waals surface area contributed by atoms with E-state index in [0.717, 1.165) is 5.56 Å². The van der Waals surface area contributed by atoms with Crippen LogP contribution in [0.2, 0.25) is 0 Å². The van der Waals surface area contributed by atoms with Crippen LogP contribution in [0.5, 0.6) is 0 Å². The molecule has 1 aromatic carbocycles. The Kier molecular flexibility index (Phi) is 6.55. The Labute approximate surface area is 146 Å². The van der Waals surface area contributed by atoms with Crippen LogP contribution in [0.3, 0.4) is 0 Å². The van der Waals surface area contributed by atoms with Gasteiger partial charge in [-0.1, -0.05) is 112 Å². The predicted molar refractivity (Wildman–Crippen MR) is 88.0 cm³/mol. The lowest BCUT2D eigenvalue weighted by molar-refractivity contribution is 0.570. The molecule has 0 bridgehead atoms. The Balaban J connectivity index is 3.19. The highest BCUT2D eigenvalue weighted by atomic mass is 35.6. The van der Waals surface area contributed by atoms with Crippen molar-refractivity contribution in [3.05, 3.63) is 35.9 Å². The minimum atomic E-state index is -3.99. The predicted octanol–water partition coefficient (Wildman–Crippen LogP) is 6.81. The van der Waals surface area contributed by atoms with Crippen molar-refractivity contribution < 1.29 is 4.57 Å². The van der Waals surface area contributed by atoms with Crippen molar-refractivity contribution in [2.75, 3.05) is 0 Å². The van der Waals surface area contributed by atoms with Crippen molar-refractivity contribution in [3.8, 4) is 0 Å². The second-order valence-corrected chi connectivity index (χ2v) is 13.8. The van der Waals surface area contributed by atoms with Crippen LogP contribution in [0.1, 0.15) is 5.56 Å². The quantitative estimate of drug-likeness (QED) is 0.384. The van der Waals surface area contributed by atoms with Crippen LogP contribution in [-0.4, -0.2) is 12.2 Å². The highest BCUT2D eigenvalue weighted by molar-refractivity contribution is 7.79. The Hall–Kier alpha value is 1.48. The zero-order valence-corrected chi connectivity index (χ0v) is 15.4. The zero-order valence-electron chi connectivity index (χ0n) is 9.17. The van der Waals surface area contributed by atoms with Gasteiger partial charge in [-0.25, -0.2) is 0 Å². The fraction of sp³-hybridized carbons (Fsp3) is 0.400. The minimum Gasteiger partial charge on any atom is -0.313 e. The zero-order chi connectivity index (χ0) is 14.9. The molecule has 0 N–H and O–H groups in total. The van der Waals surface area contributed by atoms with Crippen LogP contribution >= 0.6 is 88.3 Å². The lowest BCUT2D eigenvalue weighted by Gasteiger charge is -2.35. The fourth-order valence-electron chi connectivity index (χ4n) is 1.40. The van der Waals surface area contributed by atoms with Gasteiger partial charge in [0.25, 0.3) is 0 Å². The molecule has 9 heteroatoms. The van der Waals surface area contributed by atoms with Crippen molar-refractivity contribution in [1.29, 1.82) is 0 Å². The molecule has 0 heterocycles. The summed E-state index contributed by atoms with van der Waals surface area (Å²) in [6.07, 6.45) is -0.0158. The molecular weight excluding hydrogens is 415 g/mol. The smallest absolute Gasteiger partial charge is 0.247 e. The molecule has 0 fully saturated rings. The first-order valence-corrected chi connectivity index (χ1v) is 9.43. The van der Waals surface area contributed by atoms with Crippen LogP contribution in [-0.2, 0) is 11.0 Å². The van der Waals surface area contributed by atoms with Gasteiger partial charge in [0.15, 0.2) is 8.65 Å². The summed E-state index contributed by atoms with van der Waals surface area (Å²) in [5.74, 6) is 0. The summed E-state index contributed by atoms with van der Waals surface area (Å²) in [6, 6.07) is 8.87. The molecule has 19 heavy (non-hydrogen) atoms. The maximum atomic E-state index is 12.8. The molecule has 1 nitrogen and oxygen atoms in total. The highest BCUT2D eigenvalue weighted by Gasteiger charge is 2.61. The molecule has 1 rings (SSSR count). The summed E-state index contributed by atoms with van der Waals surface area (Å²) < 4.78 is 7.18. The monoisotopic (exact) mass is 420 g/mol. The summed E-state index contributed by atoms with van der Waals surface area (Å²) in [7, 11) is -3.99. The van der Waals surface area contributed by atoms with E-state index >= 15 is 0 Å². The van der Waals surface area contributed by atoms with Crippen molar-refractivity contribution in [2.24, 2.45) is 0 Å². The summed E-state index contributed by atoms with van der Waals surface area (Å²) in [4.78, 5) is 0. The van der Waals surface area contributed by atoms with Crippen LogP contribution < -0.4 is 0 Å². The van der Waals surface area contributed by atoms with Gasteiger partial charge in [-0.2, -0.15) is 0 Å². The third kappa shape index (κ3) is 4.02. The molecular formula is C10H8Cl7OP. The third-order valence-corrected chi connectivity index (χ3v) is 10.5. The highest BCUT2D eigenvalue weighted by Crippen LogP contribution is 2.79. The van der Waals surface area contributed by atoms with Crippen molar-refractivity contribution in [1.82, 2.24) is 0 Å². The standard InChI is InChI=1S/C10H8Cl7OP/c11-8(12)19(18,10(15,16)17)9(13,14)6-7-4-2-1-3-5-7/h1-5,8H,6H2/t19-/m1/s1. The van der Waals surface area contributed by atoms with Crippen LogP contribution in [0.15, 0.2) is 30.3 Å². The van der Waals surface area contributed by atoms with Gasteiger partial charge in [0, 0.05) is 6.42 Å². The molecule has 1 aromatic rings. The van der Waals surface area contributed by atoms with Gasteiger partial charge in [0.05, 0.1) is 0 Å². The van der Waals surface area contributed by atoms with E-state index in [1.165, 1.54) is 0 Å². The maximum Gasteiger partial charge on any atom is 0.247 e. The van der Waals surface area contributed by atoms with Gasteiger partial charge in [-0.3, -0.25) is 0 Å². The van der Waals surface area contributed by atoms with E-state index in [-0.39, 0.29) is 6.42 Å². The number of rotatable bonds is 4. The van der Waals surface area contributed by atoms with Crippen molar-refractivity contribution in [3.63, 3.8) is 0 Å². The van der Waals surface area contributed by atoms with E-state index in [1.54, 1.807) is 24.3 Å². The largest absolute Gasteiger partial charge is 0.313 e. The first-order chi connectivity index (χ1) is 8.52. The van der Waals surface area contributed by atoms with E-state index < -0.39 is 19.3 Å². The van der Waals surface area contributed by atoms with E-state index in [2.05, 4.69) is 0 Å². The first-order valence-electron chi connectivity index (χ1n) is 4.89. The van der Waals surface area contributed by atoms with Gasteiger partial charge in [0.2, 0.25) is 10.7 Å². The van der Waals surface area contributed by atoms with Crippen LogP contribution in [0.25, 0.3) is 0 Å². The summed E-state index contributed by atoms with van der Waals surface area (Å²) >= 11 is 40.8. The molecule has 0 aliphatic carbocycles. The first kappa shape index (κ1) is 18.5. The summed E-state index contributed by atoms with van der Waals surface area (Å²) in [5.41, 5.74) is 0.718. The second kappa shape index (κ2) is 6.71. The molecule has 0 aromatic heterocycles. The molecule has 0 unspecified atom stereocenters. The lowest BCUT2D eigenvalue weighted by atomic mass is 10.2. The number of hydrogen-bond donors (Lipinski definition) is 0. The molecule has 108 valence electrons. The molecule has 0 saturated carbocycles. The Bertz CT molecular complexity index is 469. The molecule has 0 spiro atoms. The van der Waals surface area contributed by atoms with Gasteiger partial charge < -0.3 is 4.57 Å². The van der Waals surface area contributed by atoms with Crippen LogP contribution in [0, 0.1) is 0 Å². The molecule has 0 amide bonds. The van der Waals surface area contributed by atoms with E-state index in [0.29, 0.717) is 0 Å². The number of alkyl halides is 7. The van der Waals surface area contributed by atoms with E-state index in [1.807, 2.05) is 6.07 Å². The summed E-state index contributed by atoms with van der Waals surface area (Å²) in [6.45, 7) is 0. The average molecular weight is 423 g/mol. The van der Waals surface area contributed by atoms with Crippen molar-refractivity contribution in [2.45, 2.75) is 18.6 Å². The Morgan fingerprint density at radius 2 is 1.47 bits per heavy atom. The van der Waals surface area contributed by atoms with Gasteiger partial charge >= 0.3 is 0 Å². The number of benzene rings is 1. The second-order valence-electron chi connectivity index (χ2n) is 3.73. The topological polar surface area (TPSA) is 17.1 Å². The number of hydrogen-bond acceptors (Lipinski definition) is 1.